The number of nitrogens with zero attached hydrogens (tertiary/aromatic N) is 2. The molecule has 1 heterocycles. The normalized spacial score (nSPS) is 15.0. The van der Waals surface area contributed by atoms with E-state index in [0.717, 1.165) is 22.5 Å². The molecule has 0 fully saturated rings. The van der Waals surface area contributed by atoms with Crippen LogP contribution < -0.4 is 10.5 Å². The number of benzene rings is 1. The standard InChI is InChI=1S/C21H30N4O3S2/c1-12(2)15-8-7-14(11-22)18(13(3)4)19(15)24-20(26)25-30(23,28)17-10-9-16(29-17)21(5,6)27/h7-10,12-13,20,24,26-27H,1-6H3,(H2,23,25,28). The molecular formula is C21H30N4O3S2. The Morgan fingerprint density at radius 3 is 2.30 bits per heavy atom. The molecule has 0 aliphatic rings. The first-order valence-electron chi connectivity index (χ1n) is 9.66. The van der Waals surface area contributed by atoms with Crippen LogP contribution in [-0.2, 0) is 15.5 Å². The lowest BCUT2D eigenvalue weighted by molar-refractivity contribution is 0.0825. The molecule has 5 N–H and O–H groups in total. The van der Waals surface area contributed by atoms with Gasteiger partial charge in [-0.15, -0.1) is 11.3 Å². The second-order valence-corrected chi connectivity index (χ2v) is 11.4. The van der Waals surface area contributed by atoms with E-state index in [1.54, 1.807) is 32.0 Å². The van der Waals surface area contributed by atoms with E-state index in [2.05, 4.69) is 15.7 Å². The minimum absolute atomic E-state index is 0.0157. The van der Waals surface area contributed by atoms with Gasteiger partial charge in [-0.05, 0) is 55.0 Å². The Hall–Kier alpha value is -1.96. The van der Waals surface area contributed by atoms with E-state index >= 15 is 0 Å². The van der Waals surface area contributed by atoms with Crippen molar-refractivity contribution in [1.29, 1.82) is 5.26 Å². The van der Waals surface area contributed by atoms with E-state index in [1.807, 2.05) is 33.8 Å². The summed E-state index contributed by atoms with van der Waals surface area (Å²) in [5, 5.41) is 39.1. The van der Waals surface area contributed by atoms with Gasteiger partial charge in [0, 0.05) is 10.6 Å². The van der Waals surface area contributed by atoms with Crippen molar-refractivity contribution >= 4 is 26.9 Å². The summed E-state index contributed by atoms with van der Waals surface area (Å²) in [6, 6.07) is 9.00. The van der Waals surface area contributed by atoms with E-state index in [-0.39, 0.29) is 16.0 Å². The van der Waals surface area contributed by atoms with Gasteiger partial charge in [0.15, 0.2) is 0 Å². The van der Waals surface area contributed by atoms with Crippen LogP contribution in [0.3, 0.4) is 0 Å². The summed E-state index contributed by atoms with van der Waals surface area (Å²) < 4.78 is 17.2. The Morgan fingerprint density at radius 1 is 1.20 bits per heavy atom. The molecule has 0 radical (unpaired) electrons. The van der Waals surface area contributed by atoms with Crippen molar-refractivity contribution in [3.05, 3.63) is 45.8 Å². The van der Waals surface area contributed by atoms with E-state index in [1.165, 1.54) is 0 Å². The number of anilines is 1. The third-order valence-corrected chi connectivity index (χ3v) is 7.98. The number of hydrogen-bond donors (Lipinski definition) is 4. The van der Waals surface area contributed by atoms with Gasteiger partial charge in [0.25, 0.3) is 0 Å². The summed E-state index contributed by atoms with van der Waals surface area (Å²) in [5.41, 5.74) is 1.70. The fraction of sp³-hybridized carbons (Fsp3) is 0.476. The minimum Gasteiger partial charge on any atom is -0.385 e. The molecule has 0 spiro atoms. The first-order valence-corrected chi connectivity index (χ1v) is 12.1. The van der Waals surface area contributed by atoms with Crippen LogP contribution >= 0.6 is 11.3 Å². The van der Waals surface area contributed by atoms with Gasteiger partial charge in [-0.3, -0.25) is 0 Å². The first-order chi connectivity index (χ1) is 13.8. The smallest absolute Gasteiger partial charge is 0.233 e. The summed E-state index contributed by atoms with van der Waals surface area (Å²) in [4.78, 5) is 0.597. The van der Waals surface area contributed by atoms with Crippen molar-refractivity contribution in [3.63, 3.8) is 0 Å². The number of nitrogens with two attached hydrogens (primary N) is 1. The Morgan fingerprint density at radius 2 is 1.83 bits per heavy atom. The van der Waals surface area contributed by atoms with Crippen molar-refractivity contribution in [2.75, 3.05) is 5.32 Å². The van der Waals surface area contributed by atoms with Crippen molar-refractivity contribution < 1.29 is 14.4 Å². The van der Waals surface area contributed by atoms with E-state index in [4.69, 9.17) is 5.14 Å². The third-order valence-electron chi connectivity index (χ3n) is 4.60. The van der Waals surface area contributed by atoms with Gasteiger partial charge in [0.1, 0.15) is 14.1 Å². The van der Waals surface area contributed by atoms with Crippen LogP contribution in [0.1, 0.15) is 74.9 Å². The molecule has 30 heavy (non-hydrogen) atoms. The third kappa shape index (κ3) is 5.39. The molecule has 2 aromatic rings. The highest BCUT2D eigenvalue weighted by Gasteiger charge is 2.23. The van der Waals surface area contributed by atoms with Gasteiger partial charge in [0.2, 0.25) is 6.35 Å². The summed E-state index contributed by atoms with van der Waals surface area (Å²) in [5.74, 6) is 0.140. The second-order valence-electron chi connectivity index (χ2n) is 8.28. The number of thiophene rings is 1. The molecule has 0 amide bonds. The SMILES string of the molecule is CC(C)c1ccc(C#N)c(C(C)C)c1NC(O)N=S(N)(=O)c1ccc(C(C)(C)O)s1. The van der Waals surface area contributed by atoms with E-state index < -0.39 is 21.9 Å². The van der Waals surface area contributed by atoms with Crippen LogP contribution in [0.4, 0.5) is 5.69 Å². The van der Waals surface area contributed by atoms with Crippen molar-refractivity contribution in [2.45, 2.75) is 69.5 Å². The molecule has 9 heteroatoms. The zero-order chi connectivity index (χ0) is 22.9. The molecule has 0 aliphatic carbocycles. The lowest BCUT2D eigenvalue weighted by Crippen LogP contribution is -2.24. The van der Waals surface area contributed by atoms with Gasteiger partial charge >= 0.3 is 0 Å². The fourth-order valence-electron chi connectivity index (χ4n) is 3.14. The van der Waals surface area contributed by atoms with Crippen molar-refractivity contribution in [1.82, 2.24) is 0 Å². The topological polar surface area (TPSA) is 132 Å². The number of nitrogens with one attached hydrogen (secondary N) is 1. The van der Waals surface area contributed by atoms with Crippen LogP contribution in [0.2, 0.25) is 0 Å². The van der Waals surface area contributed by atoms with Gasteiger partial charge in [-0.2, -0.15) is 9.62 Å². The summed E-state index contributed by atoms with van der Waals surface area (Å²) in [6.07, 6.45) is -1.54. The highest BCUT2D eigenvalue weighted by molar-refractivity contribution is 7.93. The van der Waals surface area contributed by atoms with Gasteiger partial charge in [-0.1, -0.05) is 33.8 Å². The van der Waals surface area contributed by atoms with Crippen LogP contribution in [0.15, 0.2) is 32.8 Å². The maximum Gasteiger partial charge on any atom is 0.233 e. The number of rotatable bonds is 7. The maximum absolute atomic E-state index is 13.0. The van der Waals surface area contributed by atoms with Crippen LogP contribution in [0.5, 0.6) is 0 Å². The predicted molar refractivity (Wildman–Crippen MR) is 122 cm³/mol. The van der Waals surface area contributed by atoms with Gasteiger partial charge < -0.3 is 15.5 Å². The Balaban J connectivity index is 2.49. The van der Waals surface area contributed by atoms with E-state index in [0.29, 0.717) is 16.1 Å². The molecule has 1 aromatic heterocycles. The molecule has 0 bridgehead atoms. The number of nitriles is 1. The lowest BCUT2D eigenvalue weighted by atomic mass is 9.89. The zero-order valence-electron chi connectivity index (χ0n) is 18.1. The molecule has 0 aliphatic heterocycles. The molecular weight excluding hydrogens is 420 g/mol. The Kier molecular flexibility index (Phi) is 7.32. The molecule has 2 rings (SSSR count). The molecule has 2 atom stereocenters. The Labute approximate surface area is 182 Å². The van der Waals surface area contributed by atoms with Gasteiger partial charge in [0.05, 0.1) is 17.2 Å². The molecule has 164 valence electrons. The largest absolute Gasteiger partial charge is 0.385 e. The van der Waals surface area contributed by atoms with Crippen LogP contribution in [0, 0.1) is 11.3 Å². The summed E-state index contributed by atoms with van der Waals surface area (Å²) >= 11 is 1.09. The van der Waals surface area contributed by atoms with Crippen LogP contribution in [-0.4, -0.2) is 20.8 Å². The average molecular weight is 451 g/mol. The van der Waals surface area contributed by atoms with Crippen molar-refractivity contribution in [2.24, 2.45) is 9.50 Å². The monoisotopic (exact) mass is 450 g/mol. The summed E-state index contributed by atoms with van der Waals surface area (Å²) in [7, 11) is -3.40. The van der Waals surface area contributed by atoms with Crippen molar-refractivity contribution in [3.8, 4) is 6.07 Å². The predicted octanol–water partition coefficient (Wildman–Crippen LogP) is 4.18. The van der Waals surface area contributed by atoms with E-state index in [9.17, 15) is 19.7 Å². The molecule has 1 aromatic carbocycles. The minimum atomic E-state index is -3.40. The molecule has 7 nitrogen and oxygen atoms in total. The number of aliphatic hydroxyl groups excluding tert-OH is 1. The second kappa shape index (κ2) is 9.04. The van der Waals surface area contributed by atoms with Gasteiger partial charge in [-0.25, -0.2) is 9.35 Å². The average Bonchev–Trinajstić information content (AvgIpc) is 3.11. The zero-order valence-corrected chi connectivity index (χ0v) is 19.8. The van der Waals surface area contributed by atoms with Crippen LogP contribution in [0.25, 0.3) is 0 Å². The maximum atomic E-state index is 13.0. The Bertz CT molecular complexity index is 1070. The first kappa shape index (κ1) is 24.3. The molecule has 0 saturated carbocycles. The number of hydrogen-bond acceptors (Lipinski definition) is 7. The highest BCUT2D eigenvalue weighted by Crippen LogP contribution is 2.36. The highest BCUT2D eigenvalue weighted by atomic mass is 32.2. The lowest BCUT2D eigenvalue weighted by Gasteiger charge is -2.23. The number of aliphatic hydroxyl groups is 2. The molecule has 0 saturated heterocycles. The molecule has 2 unspecified atom stereocenters. The fourth-order valence-corrected chi connectivity index (χ4v) is 5.47. The quantitative estimate of drug-likeness (QED) is 0.470. The summed E-state index contributed by atoms with van der Waals surface area (Å²) in [6.45, 7) is 11.2.